The Balaban J connectivity index is 1.62. The number of fused-ring (bicyclic) bond motifs is 2. The molecule has 0 spiro atoms. The largest absolute Gasteiger partial charge is 0.423 e. The van der Waals surface area contributed by atoms with E-state index in [2.05, 4.69) is 0 Å². The van der Waals surface area contributed by atoms with Crippen LogP contribution < -0.4 is 4.74 Å². The SMILES string of the molecule is O=C(Oc1ccccc1[C@@H]1O[C@@]2(CO)CO[C@H]1C2O)c1ccccc1. The van der Waals surface area contributed by atoms with Gasteiger partial charge < -0.3 is 24.4 Å². The number of benzene rings is 2. The van der Waals surface area contributed by atoms with Gasteiger partial charge in [-0.1, -0.05) is 36.4 Å². The van der Waals surface area contributed by atoms with Gasteiger partial charge in [0, 0.05) is 5.56 Å². The van der Waals surface area contributed by atoms with Crippen LogP contribution in [0.25, 0.3) is 0 Å². The first-order valence-corrected chi connectivity index (χ1v) is 8.09. The van der Waals surface area contributed by atoms with Crippen LogP contribution in [0.3, 0.4) is 0 Å². The number of para-hydroxylation sites is 1. The summed E-state index contributed by atoms with van der Waals surface area (Å²) in [6.07, 6.45) is -2.15. The van der Waals surface area contributed by atoms with Crippen molar-refractivity contribution in [2.45, 2.75) is 23.9 Å². The molecule has 2 aromatic rings. The van der Waals surface area contributed by atoms with Crippen molar-refractivity contribution < 1.29 is 29.2 Å². The van der Waals surface area contributed by atoms with E-state index in [0.717, 1.165) is 0 Å². The number of esters is 1. The zero-order valence-corrected chi connectivity index (χ0v) is 13.4. The van der Waals surface area contributed by atoms with Crippen molar-refractivity contribution in [2.75, 3.05) is 13.2 Å². The standard InChI is InChI=1S/C19H18O6/c20-10-19-11-23-16(17(19)21)15(25-19)13-8-4-5-9-14(13)24-18(22)12-6-2-1-3-7-12/h1-9,15-17,20-21H,10-11H2/t15-,16+,17?,19-/m0/s1. The fraction of sp³-hybridized carbons (Fsp3) is 0.316. The lowest BCUT2D eigenvalue weighted by atomic mass is 9.97. The third-order valence-corrected chi connectivity index (χ3v) is 4.74. The maximum atomic E-state index is 12.3. The van der Waals surface area contributed by atoms with E-state index in [0.29, 0.717) is 16.9 Å². The molecule has 25 heavy (non-hydrogen) atoms. The predicted octanol–water partition coefficient (Wildman–Crippen LogP) is 1.47. The Morgan fingerprint density at radius 3 is 2.60 bits per heavy atom. The molecule has 2 N–H and O–H groups in total. The Labute approximate surface area is 144 Å². The summed E-state index contributed by atoms with van der Waals surface area (Å²) in [5, 5.41) is 19.9. The van der Waals surface area contributed by atoms with Crippen LogP contribution in [-0.4, -0.2) is 47.2 Å². The quantitative estimate of drug-likeness (QED) is 0.646. The van der Waals surface area contributed by atoms with Gasteiger partial charge in [0.2, 0.25) is 0 Å². The van der Waals surface area contributed by atoms with Gasteiger partial charge in [-0.3, -0.25) is 0 Å². The minimum Gasteiger partial charge on any atom is -0.423 e. The molecule has 4 atom stereocenters. The number of hydrogen-bond donors (Lipinski definition) is 2. The molecular formula is C19H18O6. The van der Waals surface area contributed by atoms with Gasteiger partial charge in [0.25, 0.3) is 0 Å². The molecule has 0 amide bonds. The first kappa shape index (κ1) is 16.2. The number of aliphatic hydroxyl groups is 2. The topological polar surface area (TPSA) is 85.2 Å². The van der Waals surface area contributed by atoms with E-state index in [1.165, 1.54) is 0 Å². The summed E-state index contributed by atoms with van der Waals surface area (Å²) in [7, 11) is 0. The van der Waals surface area contributed by atoms with Gasteiger partial charge in [0.05, 0.1) is 18.8 Å². The van der Waals surface area contributed by atoms with Crippen molar-refractivity contribution in [3.8, 4) is 5.75 Å². The van der Waals surface area contributed by atoms with Crippen LogP contribution in [0.15, 0.2) is 54.6 Å². The second kappa shape index (κ2) is 6.24. The van der Waals surface area contributed by atoms with Crippen molar-refractivity contribution in [1.82, 2.24) is 0 Å². The van der Waals surface area contributed by atoms with E-state index in [4.69, 9.17) is 14.2 Å². The van der Waals surface area contributed by atoms with Gasteiger partial charge in [-0.15, -0.1) is 0 Å². The summed E-state index contributed by atoms with van der Waals surface area (Å²) in [4.78, 5) is 12.3. The van der Waals surface area contributed by atoms with E-state index in [-0.39, 0.29) is 13.2 Å². The van der Waals surface area contributed by atoms with Crippen LogP contribution in [0, 0.1) is 0 Å². The normalized spacial score (nSPS) is 30.4. The van der Waals surface area contributed by atoms with Crippen LogP contribution in [0.2, 0.25) is 0 Å². The highest BCUT2D eigenvalue weighted by molar-refractivity contribution is 5.91. The molecule has 0 radical (unpaired) electrons. The van der Waals surface area contributed by atoms with Gasteiger partial charge in [0.1, 0.15) is 29.7 Å². The molecule has 2 bridgehead atoms. The van der Waals surface area contributed by atoms with E-state index < -0.39 is 29.9 Å². The van der Waals surface area contributed by atoms with E-state index in [1.807, 2.05) is 6.07 Å². The minimum atomic E-state index is -1.12. The van der Waals surface area contributed by atoms with Crippen molar-refractivity contribution in [2.24, 2.45) is 0 Å². The number of carbonyl (C=O) groups is 1. The lowest BCUT2D eigenvalue weighted by Crippen LogP contribution is -2.43. The molecule has 0 aliphatic carbocycles. The van der Waals surface area contributed by atoms with Crippen LogP contribution >= 0.6 is 0 Å². The Kier molecular flexibility index (Phi) is 4.05. The highest BCUT2D eigenvalue weighted by atomic mass is 16.6. The number of ether oxygens (including phenoxy) is 3. The number of carbonyl (C=O) groups excluding carboxylic acids is 1. The van der Waals surface area contributed by atoms with Crippen LogP contribution in [0.4, 0.5) is 0 Å². The molecular weight excluding hydrogens is 324 g/mol. The molecule has 0 aromatic heterocycles. The minimum absolute atomic E-state index is 0.137. The molecule has 1 unspecified atom stereocenters. The lowest BCUT2D eigenvalue weighted by molar-refractivity contribution is -0.163. The average Bonchev–Trinajstić information content (AvgIpc) is 3.13. The molecule has 130 valence electrons. The highest BCUT2D eigenvalue weighted by Gasteiger charge is 2.61. The van der Waals surface area contributed by atoms with Crippen LogP contribution in [0.1, 0.15) is 22.0 Å². The molecule has 2 fully saturated rings. The number of hydrogen-bond acceptors (Lipinski definition) is 6. The molecule has 2 aromatic carbocycles. The zero-order valence-electron chi connectivity index (χ0n) is 13.4. The third kappa shape index (κ3) is 2.63. The summed E-state index contributed by atoms with van der Waals surface area (Å²) >= 11 is 0. The van der Waals surface area contributed by atoms with Gasteiger partial charge in [-0.25, -0.2) is 4.79 Å². The van der Waals surface area contributed by atoms with E-state index in [9.17, 15) is 15.0 Å². The number of aliphatic hydroxyl groups excluding tert-OH is 2. The van der Waals surface area contributed by atoms with Crippen molar-refractivity contribution in [1.29, 1.82) is 0 Å². The van der Waals surface area contributed by atoms with E-state index >= 15 is 0 Å². The second-order valence-electron chi connectivity index (χ2n) is 6.28. The zero-order chi connectivity index (χ0) is 17.4. The molecule has 2 aliphatic rings. The molecule has 6 nitrogen and oxygen atoms in total. The van der Waals surface area contributed by atoms with Gasteiger partial charge in [-0.05, 0) is 18.2 Å². The summed E-state index contributed by atoms with van der Waals surface area (Å²) < 4.78 is 17.0. The molecule has 6 heteroatoms. The highest BCUT2D eigenvalue weighted by Crippen LogP contribution is 2.48. The van der Waals surface area contributed by atoms with Crippen molar-refractivity contribution in [3.63, 3.8) is 0 Å². The Hall–Kier alpha value is -2.25. The summed E-state index contributed by atoms with van der Waals surface area (Å²) in [5.74, 6) is -0.132. The first-order valence-electron chi connectivity index (χ1n) is 8.09. The first-order chi connectivity index (χ1) is 12.1. The van der Waals surface area contributed by atoms with Gasteiger partial charge in [-0.2, -0.15) is 0 Å². The van der Waals surface area contributed by atoms with Crippen LogP contribution in [-0.2, 0) is 9.47 Å². The van der Waals surface area contributed by atoms with Crippen molar-refractivity contribution >= 4 is 5.97 Å². The lowest BCUT2D eigenvalue weighted by Gasteiger charge is -2.29. The van der Waals surface area contributed by atoms with Crippen molar-refractivity contribution in [3.05, 3.63) is 65.7 Å². The molecule has 2 saturated heterocycles. The average molecular weight is 342 g/mol. The number of rotatable bonds is 4. The summed E-state index contributed by atoms with van der Waals surface area (Å²) in [6.45, 7) is -0.203. The maximum absolute atomic E-state index is 12.3. The summed E-state index contributed by atoms with van der Waals surface area (Å²) in [6, 6.07) is 15.7. The predicted molar refractivity (Wildman–Crippen MR) is 87.2 cm³/mol. The van der Waals surface area contributed by atoms with Gasteiger partial charge >= 0.3 is 5.97 Å². The monoisotopic (exact) mass is 342 g/mol. The molecule has 0 saturated carbocycles. The Bertz CT molecular complexity index is 776. The van der Waals surface area contributed by atoms with Gasteiger partial charge in [0.15, 0.2) is 0 Å². The van der Waals surface area contributed by atoms with Crippen LogP contribution in [0.5, 0.6) is 5.75 Å². The fourth-order valence-corrected chi connectivity index (χ4v) is 3.35. The Morgan fingerprint density at radius 2 is 1.88 bits per heavy atom. The smallest absolute Gasteiger partial charge is 0.343 e. The van der Waals surface area contributed by atoms with E-state index in [1.54, 1.807) is 48.5 Å². The maximum Gasteiger partial charge on any atom is 0.343 e. The Morgan fingerprint density at radius 1 is 1.16 bits per heavy atom. The third-order valence-electron chi connectivity index (χ3n) is 4.74. The summed E-state index contributed by atoms with van der Waals surface area (Å²) in [5.41, 5.74) is -0.0774. The molecule has 2 heterocycles. The fourth-order valence-electron chi connectivity index (χ4n) is 3.35. The molecule has 2 aliphatic heterocycles. The second-order valence-corrected chi connectivity index (χ2v) is 6.28. The molecule has 4 rings (SSSR count).